The van der Waals surface area contributed by atoms with Crippen LogP contribution in [0.1, 0.15) is 30.7 Å². The van der Waals surface area contributed by atoms with Gasteiger partial charge < -0.3 is 10.6 Å². The first-order valence-electron chi connectivity index (χ1n) is 5.32. The summed E-state index contributed by atoms with van der Waals surface area (Å²) >= 11 is 1.76. The lowest BCUT2D eigenvalue weighted by atomic mass is 10.2. The van der Waals surface area contributed by atoms with E-state index in [2.05, 4.69) is 35.1 Å². The first-order chi connectivity index (χ1) is 7.25. The van der Waals surface area contributed by atoms with Crippen molar-refractivity contribution in [3.8, 4) is 0 Å². The summed E-state index contributed by atoms with van der Waals surface area (Å²) in [5.41, 5.74) is 0. The summed E-state index contributed by atoms with van der Waals surface area (Å²) in [4.78, 5) is 12.3. The third-order valence-electron chi connectivity index (χ3n) is 2.73. The fraction of sp³-hybridized carbons (Fsp3) is 0.545. The van der Waals surface area contributed by atoms with Crippen LogP contribution in [0.25, 0.3) is 0 Å². The molecule has 2 N–H and O–H groups in total. The first-order valence-corrected chi connectivity index (χ1v) is 6.20. The van der Waals surface area contributed by atoms with E-state index in [4.69, 9.17) is 0 Å². The molecular formula is C11H16N2OS. The molecule has 1 aromatic heterocycles. The molecule has 3 nitrogen and oxygen atoms in total. The summed E-state index contributed by atoms with van der Waals surface area (Å²) in [5.74, 6) is 0.186. The molecule has 2 unspecified atom stereocenters. The van der Waals surface area contributed by atoms with Crippen LogP contribution in [0.5, 0.6) is 0 Å². The molecular weight excluding hydrogens is 208 g/mol. The molecule has 82 valence electrons. The molecule has 0 saturated carbocycles. The van der Waals surface area contributed by atoms with Gasteiger partial charge in [0.15, 0.2) is 0 Å². The molecule has 0 aromatic carbocycles. The van der Waals surface area contributed by atoms with Crippen molar-refractivity contribution in [3.63, 3.8) is 0 Å². The molecule has 0 aliphatic carbocycles. The van der Waals surface area contributed by atoms with Gasteiger partial charge in [0.25, 0.3) is 0 Å². The van der Waals surface area contributed by atoms with Gasteiger partial charge in [-0.05, 0) is 24.8 Å². The number of nitrogens with one attached hydrogen (secondary N) is 2. The zero-order valence-corrected chi connectivity index (χ0v) is 9.64. The van der Waals surface area contributed by atoms with E-state index < -0.39 is 0 Å². The van der Waals surface area contributed by atoms with Crippen LogP contribution in [-0.4, -0.2) is 18.5 Å². The standard InChI is InChI=1S/C11H16N2OS/c1-8(10-3-2-6-15-10)12-7-9-4-5-11(14)13-9/h2-3,6,8-9,12H,4-5,7H2,1H3,(H,13,14). The van der Waals surface area contributed by atoms with Crippen LogP contribution < -0.4 is 10.6 Å². The monoisotopic (exact) mass is 224 g/mol. The molecule has 2 atom stereocenters. The Morgan fingerprint density at radius 1 is 1.73 bits per heavy atom. The fourth-order valence-corrected chi connectivity index (χ4v) is 2.55. The summed E-state index contributed by atoms with van der Waals surface area (Å²) in [6.45, 7) is 3.02. The van der Waals surface area contributed by atoms with Gasteiger partial charge in [0.05, 0.1) is 0 Å². The van der Waals surface area contributed by atoms with Gasteiger partial charge in [-0.3, -0.25) is 4.79 Å². The van der Waals surface area contributed by atoms with E-state index in [1.165, 1.54) is 4.88 Å². The number of carbonyl (C=O) groups excluding carboxylic acids is 1. The van der Waals surface area contributed by atoms with Gasteiger partial charge in [0.1, 0.15) is 0 Å². The van der Waals surface area contributed by atoms with Crippen molar-refractivity contribution in [2.45, 2.75) is 31.8 Å². The second-order valence-corrected chi connectivity index (χ2v) is 4.93. The Balaban J connectivity index is 1.76. The Bertz CT molecular complexity index is 323. The fourth-order valence-electron chi connectivity index (χ4n) is 1.79. The van der Waals surface area contributed by atoms with Crippen LogP contribution in [0.2, 0.25) is 0 Å². The van der Waals surface area contributed by atoms with E-state index in [1.807, 2.05) is 0 Å². The van der Waals surface area contributed by atoms with Crippen molar-refractivity contribution in [1.29, 1.82) is 0 Å². The third-order valence-corrected chi connectivity index (χ3v) is 3.78. The minimum Gasteiger partial charge on any atom is -0.352 e. The van der Waals surface area contributed by atoms with Crippen LogP contribution >= 0.6 is 11.3 Å². The number of hydrogen-bond acceptors (Lipinski definition) is 3. The summed E-state index contributed by atoms with van der Waals surface area (Å²) < 4.78 is 0. The molecule has 0 radical (unpaired) electrons. The molecule has 1 aliphatic rings. The van der Waals surface area contributed by atoms with Crippen molar-refractivity contribution in [2.75, 3.05) is 6.54 Å². The molecule has 1 aliphatic heterocycles. The Hall–Kier alpha value is -0.870. The van der Waals surface area contributed by atoms with Gasteiger partial charge in [0, 0.05) is 29.9 Å². The topological polar surface area (TPSA) is 41.1 Å². The quantitative estimate of drug-likeness (QED) is 0.817. The smallest absolute Gasteiger partial charge is 0.220 e. The molecule has 2 rings (SSSR count). The Morgan fingerprint density at radius 2 is 2.60 bits per heavy atom. The number of carbonyl (C=O) groups is 1. The van der Waals surface area contributed by atoms with Gasteiger partial charge in [0.2, 0.25) is 5.91 Å². The second-order valence-electron chi connectivity index (χ2n) is 3.95. The number of amides is 1. The average Bonchev–Trinajstić information content (AvgIpc) is 2.84. The first kappa shape index (κ1) is 10.6. The van der Waals surface area contributed by atoms with Crippen molar-refractivity contribution in [3.05, 3.63) is 22.4 Å². The summed E-state index contributed by atoms with van der Waals surface area (Å²) in [5, 5.41) is 8.49. The zero-order valence-electron chi connectivity index (χ0n) is 8.82. The van der Waals surface area contributed by atoms with Crippen molar-refractivity contribution in [1.82, 2.24) is 10.6 Å². The maximum absolute atomic E-state index is 11.0. The van der Waals surface area contributed by atoms with Gasteiger partial charge in [-0.1, -0.05) is 6.07 Å². The molecule has 1 fully saturated rings. The van der Waals surface area contributed by atoms with Gasteiger partial charge in [-0.2, -0.15) is 0 Å². The van der Waals surface area contributed by atoms with Crippen LogP contribution in [0.3, 0.4) is 0 Å². The summed E-state index contributed by atoms with van der Waals surface area (Å²) in [6, 6.07) is 4.90. The lowest BCUT2D eigenvalue weighted by Gasteiger charge is -2.16. The van der Waals surface area contributed by atoms with E-state index in [0.717, 1.165) is 13.0 Å². The lowest BCUT2D eigenvalue weighted by Crippen LogP contribution is -2.36. The van der Waals surface area contributed by atoms with Crippen LogP contribution in [0.15, 0.2) is 17.5 Å². The molecule has 4 heteroatoms. The van der Waals surface area contributed by atoms with Crippen molar-refractivity contribution in [2.24, 2.45) is 0 Å². The molecule has 1 amide bonds. The van der Waals surface area contributed by atoms with Crippen LogP contribution in [0.4, 0.5) is 0 Å². The third kappa shape index (κ3) is 2.79. The van der Waals surface area contributed by atoms with E-state index in [9.17, 15) is 4.79 Å². The predicted molar refractivity (Wildman–Crippen MR) is 61.9 cm³/mol. The SMILES string of the molecule is CC(NCC1CCC(=O)N1)c1cccs1. The lowest BCUT2D eigenvalue weighted by molar-refractivity contribution is -0.119. The Morgan fingerprint density at radius 3 is 3.20 bits per heavy atom. The van der Waals surface area contributed by atoms with Gasteiger partial charge in [-0.15, -0.1) is 11.3 Å². The predicted octanol–water partition coefficient (Wildman–Crippen LogP) is 1.68. The van der Waals surface area contributed by atoms with Crippen molar-refractivity contribution >= 4 is 17.2 Å². The highest BCUT2D eigenvalue weighted by atomic mass is 32.1. The van der Waals surface area contributed by atoms with Crippen molar-refractivity contribution < 1.29 is 4.79 Å². The van der Waals surface area contributed by atoms with E-state index in [-0.39, 0.29) is 5.91 Å². The second kappa shape index (κ2) is 4.77. The van der Waals surface area contributed by atoms with Crippen LogP contribution in [0, 0.1) is 0 Å². The molecule has 1 aromatic rings. The number of hydrogen-bond donors (Lipinski definition) is 2. The van der Waals surface area contributed by atoms with Gasteiger partial charge >= 0.3 is 0 Å². The maximum atomic E-state index is 11.0. The summed E-state index contributed by atoms with van der Waals surface area (Å²) in [7, 11) is 0. The number of rotatable bonds is 4. The Kier molecular flexibility index (Phi) is 3.38. The highest BCUT2D eigenvalue weighted by molar-refractivity contribution is 7.10. The van der Waals surface area contributed by atoms with E-state index >= 15 is 0 Å². The van der Waals surface area contributed by atoms with E-state index in [0.29, 0.717) is 18.5 Å². The minimum atomic E-state index is 0.186. The molecule has 0 spiro atoms. The Labute approximate surface area is 93.9 Å². The van der Waals surface area contributed by atoms with Gasteiger partial charge in [-0.25, -0.2) is 0 Å². The maximum Gasteiger partial charge on any atom is 0.220 e. The minimum absolute atomic E-state index is 0.186. The number of thiophene rings is 1. The highest BCUT2D eigenvalue weighted by Gasteiger charge is 2.20. The molecule has 1 saturated heterocycles. The van der Waals surface area contributed by atoms with Crippen LogP contribution in [-0.2, 0) is 4.79 Å². The normalized spacial score (nSPS) is 22.7. The average molecular weight is 224 g/mol. The zero-order chi connectivity index (χ0) is 10.7. The molecule has 15 heavy (non-hydrogen) atoms. The largest absolute Gasteiger partial charge is 0.352 e. The molecule has 2 heterocycles. The summed E-state index contributed by atoms with van der Waals surface area (Å²) in [6.07, 6.45) is 1.64. The van der Waals surface area contributed by atoms with E-state index in [1.54, 1.807) is 11.3 Å². The molecule has 0 bridgehead atoms. The highest BCUT2D eigenvalue weighted by Crippen LogP contribution is 2.18.